The molecule has 0 aliphatic heterocycles. The van der Waals surface area contributed by atoms with Gasteiger partial charge in [-0.15, -0.1) is 0 Å². The number of ether oxygens (including phenoxy) is 2. The van der Waals surface area contributed by atoms with Crippen LogP contribution >= 0.6 is 34.8 Å². The van der Waals surface area contributed by atoms with Crippen molar-refractivity contribution in [3.05, 3.63) is 86.1 Å². The van der Waals surface area contributed by atoms with E-state index in [1.54, 1.807) is 24.3 Å². The van der Waals surface area contributed by atoms with Gasteiger partial charge in [0.05, 0.1) is 27.7 Å². The number of hydrogen-bond donors (Lipinski definition) is 2. The van der Waals surface area contributed by atoms with Crippen LogP contribution in [0.5, 0.6) is 11.5 Å². The van der Waals surface area contributed by atoms with Crippen molar-refractivity contribution in [2.24, 2.45) is 0 Å². The molecule has 9 heteroatoms. The topological polar surface area (TPSA) is 67.8 Å². The first-order valence-corrected chi connectivity index (χ1v) is 10.1. The first-order chi connectivity index (χ1) is 14.8. The maximum atomic E-state index is 14.0. The van der Waals surface area contributed by atoms with Gasteiger partial charge in [-0.1, -0.05) is 40.9 Å². The standard InChI is InChI=1S/C22H17Cl3FNO4/c1-30-20-8-12(10-27-13-5-6-17(24)14(9-13)22(28)29)7-18(25)21(20)31-11-15-16(23)3-2-4-19(15)26/h2-9,27H,10-11H2,1H3,(H,28,29). The Labute approximate surface area is 193 Å². The van der Waals surface area contributed by atoms with Crippen molar-refractivity contribution >= 4 is 46.5 Å². The zero-order chi connectivity index (χ0) is 22.5. The summed E-state index contributed by atoms with van der Waals surface area (Å²) in [5, 5.41) is 13.0. The third kappa shape index (κ3) is 5.53. The molecule has 0 aliphatic carbocycles. The van der Waals surface area contributed by atoms with Crippen LogP contribution in [0.4, 0.5) is 10.1 Å². The Kier molecular flexibility index (Phi) is 7.49. The number of nitrogens with one attached hydrogen (secondary N) is 1. The number of rotatable bonds is 8. The van der Waals surface area contributed by atoms with Gasteiger partial charge in [0.2, 0.25) is 0 Å². The second-order valence-corrected chi connectivity index (χ2v) is 7.67. The fourth-order valence-corrected chi connectivity index (χ4v) is 3.54. The number of anilines is 1. The van der Waals surface area contributed by atoms with Gasteiger partial charge >= 0.3 is 5.97 Å². The van der Waals surface area contributed by atoms with E-state index >= 15 is 0 Å². The van der Waals surface area contributed by atoms with Gasteiger partial charge in [0.1, 0.15) is 12.4 Å². The number of methoxy groups -OCH3 is 1. The highest BCUT2D eigenvalue weighted by Crippen LogP contribution is 2.37. The molecule has 31 heavy (non-hydrogen) atoms. The highest BCUT2D eigenvalue weighted by molar-refractivity contribution is 6.33. The monoisotopic (exact) mass is 483 g/mol. The molecule has 0 bridgehead atoms. The number of benzene rings is 3. The van der Waals surface area contributed by atoms with Gasteiger partial charge in [-0.25, -0.2) is 9.18 Å². The molecule has 5 nitrogen and oxygen atoms in total. The van der Waals surface area contributed by atoms with E-state index in [1.807, 2.05) is 0 Å². The zero-order valence-electron chi connectivity index (χ0n) is 16.2. The predicted molar refractivity (Wildman–Crippen MR) is 119 cm³/mol. The molecule has 3 aromatic rings. The second-order valence-electron chi connectivity index (χ2n) is 6.45. The highest BCUT2D eigenvalue weighted by Gasteiger charge is 2.15. The molecular weight excluding hydrogens is 468 g/mol. The average Bonchev–Trinajstić information content (AvgIpc) is 2.73. The van der Waals surface area contributed by atoms with Gasteiger partial charge in [-0.3, -0.25) is 0 Å². The smallest absolute Gasteiger partial charge is 0.337 e. The fraction of sp³-hybridized carbons (Fsp3) is 0.136. The lowest BCUT2D eigenvalue weighted by Crippen LogP contribution is -2.05. The first kappa shape index (κ1) is 23.0. The van der Waals surface area contributed by atoms with Gasteiger partial charge in [0, 0.05) is 17.8 Å². The molecule has 0 heterocycles. The van der Waals surface area contributed by atoms with Crippen LogP contribution in [-0.4, -0.2) is 18.2 Å². The molecule has 162 valence electrons. The van der Waals surface area contributed by atoms with Crippen LogP contribution < -0.4 is 14.8 Å². The third-order valence-electron chi connectivity index (χ3n) is 4.41. The lowest BCUT2D eigenvalue weighted by atomic mass is 10.1. The lowest BCUT2D eigenvalue weighted by molar-refractivity contribution is 0.0697. The molecule has 2 N–H and O–H groups in total. The van der Waals surface area contributed by atoms with Crippen LogP contribution in [-0.2, 0) is 13.2 Å². The molecule has 0 amide bonds. The molecule has 0 saturated heterocycles. The van der Waals surface area contributed by atoms with Gasteiger partial charge in [-0.2, -0.15) is 0 Å². The van der Waals surface area contributed by atoms with Crippen molar-refractivity contribution in [2.45, 2.75) is 13.2 Å². The van der Waals surface area contributed by atoms with E-state index in [-0.39, 0.29) is 38.6 Å². The molecule has 0 aliphatic rings. The minimum atomic E-state index is -1.12. The maximum Gasteiger partial charge on any atom is 0.337 e. The predicted octanol–water partition coefficient (Wildman–Crippen LogP) is 6.68. The van der Waals surface area contributed by atoms with Crippen LogP contribution in [0.15, 0.2) is 48.5 Å². The highest BCUT2D eigenvalue weighted by atomic mass is 35.5. The van der Waals surface area contributed by atoms with E-state index in [4.69, 9.17) is 44.3 Å². The van der Waals surface area contributed by atoms with E-state index in [0.29, 0.717) is 18.0 Å². The summed E-state index contributed by atoms with van der Waals surface area (Å²) in [6.45, 7) is 0.206. The van der Waals surface area contributed by atoms with Crippen LogP contribution in [0.3, 0.4) is 0 Å². The fourth-order valence-electron chi connectivity index (χ4n) is 2.83. The van der Waals surface area contributed by atoms with Gasteiger partial charge in [0.25, 0.3) is 0 Å². The summed E-state index contributed by atoms with van der Waals surface area (Å²) in [5.74, 6) is -0.979. The van der Waals surface area contributed by atoms with Crippen molar-refractivity contribution in [1.29, 1.82) is 0 Å². The number of carboxylic acids is 1. The van der Waals surface area contributed by atoms with E-state index in [9.17, 15) is 14.3 Å². The Bertz CT molecular complexity index is 1100. The third-order valence-corrected chi connectivity index (χ3v) is 5.37. The molecule has 3 aromatic carbocycles. The minimum absolute atomic E-state index is 0.00201. The molecule has 0 saturated carbocycles. The van der Waals surface area contributed by atoms with Crippen LogP contribution in [0, 0.1) is 5.82 Å². The lowest BCUT2D eigenvalue weighted by Gasteiger charge is -2.16. The minimum Gasteiger partial charge on any atom is -0.493 e. The van der Waals surface area contributed by atoms with Crippen molar-refractivity contribution in [3.8, 4) is 11.5 Å². The van der Waals surface area contributed by atoms with Crippen LogP contribution in [0.1, 0.15) is 21.5 Å². The number of carboxylic acid groups (broad SMARTS) is 1. The zero-order valence-corrected chi connectivity index (χ0v) is 18.5. The summed E-state index contributed by atoms with van der Waals surface area (Å²) < 4.78 is 25.1. The Morgan fingerprint density at radius 1 is 1.06 bits per heavy atom. The Morgan fingerprint density at radius 3 is 2.52 bits per heavy atom. The molecular formula is C22H17Cl3FNO4. The first-order valence-electron chi connectivity index (χ1n) is 8.99. The number of halogens is 4. The van der Waals surface area contributed by atoms with Crippen molar-refractivity contribution in [2.75, 3.05) is 12.4 Å². The van der Waals surface area contributed by atoms with Crippen molar-refractivity contribution < 1.29 is 23.8 Å². The molecule has 3 rings (SSSR count). The molecule has 0 spiro atoms. The normalized spacial score (nSPS) is 10.6. The number of carbonyl (C=O) groups is 1. The van der Waals surface area contributed by atoms with E-state index in [1.165, 1.54) is 31.4 Å². The quantitative estimate of drug-likeness (QED) is 0.373. The summed E-state index contributed by atoms with van der Waals surface area (Å²) in [7, 11) is 1.46. The SMILES string of the molecule is COc1cc(CNc2ccc(Cl)c(C(=O)O)c2)cc(Cl)c1OCc1c(F)cccc1Cl. The summed E-state index contributed by atoms with van der Waals surface area (Å²) in [5.41, 5.74) is 1.54. The van der Waals surface area contributed by atoms with E-state index in [2.05, 4.69) is 5.32 Å². The van der Waals surface area contributed by atoms with E-state index in [0.717, 1.165) is 5.56 Å². The van der Waals surface area contributed by atoms with E-state index < -0.39 is 11.8 Å². The second kappa shape index (κ2) is 10.1. The van der Waals surface area contributed by atoms with Crippen molar-refractivity contribution in [3.63, 3.8) is 0 Å². The maximum absolute atomic E-state index is 14.0. The average molecular weight is 485 g/mol. The Morgan fingerprint density at radius 2 is 1.84 bits per heavy atom. The van der Waals surface area contributed by atoms with Gasteiger partial charge in [0.15, 0.2) is 11.5 Å². The Hall–Kier alpha value is -2.67. The Balaban J connectivity index is 1.76. The van der Waals surface area contributed by atoms with Gasteiger partial charge in [-0.05, 0) is 48.0 Å². The van der Waals surface area contributed by atoms with Crippen LogP contribution in [0.2, 0.25) is 15.1 Å². The number of aromatic carboxylic acids is 1. The van der Waals surface area contributed by atoms with Crippen LogP contribution in [0.25, 0.3) is 0 Å². The van der Waals surface area contributed by atoms with Crippen molar-refractivity contribution in [1.82, 2.24) is 0 Å². The largest absolute Gasteiger partial charge is 0.493 e. The van der Waals surface area contributed by atoms with Gasteiger partial charge < -0.3 is 19.9 Å². The summed E-state index contributed by atoms with van der Waals surface area (Å²) in [6.07, 6.45) is 0. The molecule has 0 fully saturated rings. The molecule has 0 atom stereocenters. The molecule has 0 unspecified atom stereocenters. The summed E-state index contributed by atoms with van der Waals surface area (Å²) >= 11 is 18.3. The molecule has 0 aromatic heterocycles. The molecule has 0 radical (unpaired) electrons. The summed E-state index contributed by atoms with van der Waals surface area (Å²) in [6, 6.07) is 12.4. The number of hydrogen-bond acceptors (Lipinski definition) is 4. The summed E-state index contributed by atoms with van der Waals surface area (Å²) in [4.78, 5) is 11.2.